The maximum atomic E-state index is 12.8. The number of fused-ring (bicyclic) bond motifs is 1. The van der Waals surface area contributed by atoms with Crippen molar-refractivity contribution in [1.82, 2.24) is 9.97 Å². The molecule has 7 heteroatoms. The Balaban J connectivity index is 1.64. The van der Waals surface area contributed by atoms with E-state index in [-0.39, 0.29) is 6.04 Å². The molecule has 1 aliphatic heterocycles. The van der Waals surface area contributed by atoms with Gasteiger partial charge in [0.1, 0.15) is 5.82 Å². The molecule has 1 aliphatic rings. The minimum absolute atomic E-state index is 0.204. The molecule has 0 amide bonds. The van der Waals surface area contributed by atoms with Crippen LogP contribution in [0.3, 0.4) is 0 Å². The van der Waals surface area contributed by atoms with E-state index in [0.29, 0.717) is 11.8 Å². The number of nitrogens with one attached hydrogen (secondary N) is 1. The van der Waals surface area contributed by atoms with Crippen molar-refractivity contribution in [3.8, 4) is 0 Å². The molecule has 0 bridgehead atoms. The maximum absolute atomic E-state index is 12.8. The Labute approximate surface area is 167 Å². The first-order chi connectivity index (χ1) is 13.9. The van der Waals surface area contributed by atoms with E-state index in [1.165, 1.54) is 18.6 Å². The summed E-state index contributed by atoms with van der Waals surface area (Å²) in [7, 11) is 0. The first-order valence-corrected chi connectivity index (χ1v) is 9.87. The van der Waals surface area contributed by atoms with Gasteiger partial charge in [-0.25, -0.2) is 4.98 Å². The lowest BCUT2D eigenvalue weighted by atomic mass is 10.1. The molecule has 1 atom stereocenters. The summed E-state index contributed by atoms with van der Waals surface area (Å²) < 4.78 is 38.5. The number of hydrogen-bond acceptors (Lipinski definition) is 4. The van der Waals surface area contributed by atoms with Crippen LogP contribution in [-0.4, -0.2) is 23.1 Å². The number of nitrogens with zero attached hydrogens (tertiary/aromatic N) is 3. The van der Waals surface area contributed by atoms with E-state index in [0.717, 1.165) is 54.5 Å². The number of piperidine rings is 1. The first kappa shape index (κ1) is 19.5. The number of aromatic nitrogens is 2. The average Bonchev–Trinajstić information content (AvgIpc) is 2.73. The molecular weight excluding hydrogens is 377 g/mol. The van der Waals surface area contributed by atoms with Crippen LogP contribution in [0.25, 0.3) is 10.9 Å². The third-order valence-electron chi connectivity index (χ3n) is 5.32. The fourth-order valence-electron chi connectivity index (χ4n) is 3.66. The fraction of sp³-hybridized carbons (Fsp3) is 0.364. The van der Waals surface area contributed by atoms with Crippen LogP contribution >= 0.6 is 0 Å². The molecule has 1 aromatic heterocycles. The third-order valence-corrected chi connectivity index (χ3v) is 5.32. The Morgan fingerprint density at radius 1 is 0.931 bits per heavy atom. The van der Waals surface area contributed by atoms with Gasteiger partial charge in [0.15, 0.2) is 0 Å². The van der Waals surface area contributed by atoms with Gasteiger partial charge in [-0.1, -0.05) is 24.3 Å². The predicted molar refractivity (Wildman–Crippen MR) is 109 cm³/mol. The normalized spacial score (nSPS) is 16.1. The maximum Gasteiger partial charge on any atom is 0.416 e. The lowest BCUT2D eigenvalue weighted by Gasteiger charge is -2.27. The Hall–Kier alpha value is -2.83. The van der Waals surface area contributed by atoms with Crippen molar-refractivity contribution in [2.45, 2.75) is 38.4 Å². The van der Waals surface area contributed by atoms with Crippen LogP contribution in [0.2, 0.25) is 0 Å². The molecule has 4 rings (SSSR count). The molecule has 1 fully saturated rings. The molecule has 4 nitrogen and oxygen atoms in total. The van der Waals surface area contributed by atoms with E-state index in [9.17, 15) is 13.2 Å². The Morgan fingerprint density at radius 2 is 1.62 bits per heavy atom. The quantitative estimate of drug-likeness (QED) is 0.600. The van der Waals surface area contributed by atoms with Crippen LogP contribution in [0, 0.1) is 0 Å². The van der Waals surface area contributed by atoms with E-state index in [1.54, 1.807) is 0 Å². The lowest BCUT2D eigenvalue weighted by molar-refractivity contribution is -0.137. The zero-order valence-corrected chi connectivity index (χ0v) is 16.2. The van der Waals surface area contributed by atoms with Gasteiger partial charge < -0.3 is 10.2 Å². The van der Waals surface area contributed by atoms with E-state index >= 15 is 0 Å². The minimum Gasteiger partial charge on any atom is -0.363 e. The average molecular weight is 400 g/mol. The lowest BCUT2D eigenvalue weighted by Crippen LogP contribution is -2.31. The number of hydrogen-bond donors (Lipinski definition) is 1. The van der Waals surface area contributed by atoms with E-state index in [2.05, 4.69) is 10.2 Å². The van der Waals surface area contributed by atoms with Crippen LogP contribution in [0.5, 0.6) is 0 Å². The van der Waals surface area contributed by atoms with Gasteiger partial charge in [0.2, 0.25) is 5.95 Å². The van der Waals surface area contributed by atoms with Gasteiger partial charge in [-0.3, -0.25) is 0 Å². The third kappa shape index (κ3) is 4.28. The van der Waals surface area contributed by atoms with Crippen LogP contribution in [0.1, 0.15) is 43.4 Å². The second-order valence-electron chi connectivity index (χ2n) is 7.42. The molecule has 2 heterocycles. The zero-order valence-electron chi connectivity index (χ0n) is 16.2. The van der Waals surface area contributed by atoms with E-state index in [1.807, 2.05) is 31.2 Å². The smallest absolute Gasteiger partial charge is 0.363 e. The van der Waals surface area contributed by atoms with Crippen LogP contribution in [0.15, 0.2) is 48.5 Å². The molecule has 0 saturated carbocycles. The van der Waals surface area contributed by atoms with Gasteiger partial charge in [0, 0.05) is 24.5 Å². The highest BCUT2D eigenvalue weighted by molar-refractivity contribution is 5.90. The number of anilines is 2. The van der Waals surface area contributed by atoms with Crippen molar-refractivity contribution in [1.29, 1.82) is 0 Å². The summed E-state index contributed by atoms with van der Waals surface area (Å²) in [5, 5.41) is 4.28. The molecule has 0 aliphatic carbocycles. The monoisotopic (exact) mass is 400 g/mol. The van der Waals surface area contributed by atoms with Crippen molar-refractivity contribution in [3.05, 3.63) is 59.7 Å². The van der Waals surface area contributed by atoms with Crippen molar-refractivity contribution < 1.29 is 13.2 Å². The van der Waals surface area contributed by atoms with Gasteiger partial charge in [0.25, 0.3) is 0 Å². The largest absolute Gasteiger partial charge is 0.416 e. The Morgan fingerprint density at radius 3 is 2.31 bits per heavy atom. The van der Waals surface area contributed by atoms with Gasteiger partial charge in [-0.05, 0) is 56.0 Å². The molecule has 2 aromatic carbocycles. The predicted octanol–water partition coefficient (Wildman–Crippen LogP) is 5.81. The summed E-state index contributed by atoms with van der Waals surface area (Å²) in [6.45, 7) is 3.79. The highest BCUT2D eigenvalue weighted by Gasteiger charge is 2.30. The van der Waals surface area contributed by atoms with Crippen molar-refractivity contribution in [2.24, 2.45) is 0 Å². The van der Waals surface area contributed by atoms with Gasteiger partial charge in [-0.2, -0.15) is 18.2 Å². The molecule has 29 heavy (non-hydrogen) atoms. The Kier molecular flexibility index (Phi) is 5.30. The van der Waals surface area contributed by atoms with E-state index < -0.39 is 11.7 Å². The van der Waals surface area contributed by atoms with Crippen LogP contribution in [0.4, 0.5) is 24.9 Å². The highest BCUT2D eigenvalue weighted by Crippen LogP contribution is 2.31. The minimum atomic E-state index is -4.33. The summed E-state index contributed by atoms with van der Waals surface area (Å²) in [4.78, 5) is 11.7. The second-order valence-corrected chi connectivity index (χ2v) is 7.42. The molecule has 3 aromatic rings. The van der Waals surface area contributed by atoms with Crippen LogP contribution in [-0.2, 0) is 6.18 Å². The number of rotatable bonds is 4. The first-order valence-electron chi connectivity index (χ1n) is 9.87. The van der Waals surface area contributed by atoms with E-state index in [4.69, 9.17) is 9.97 Å². The SMILES string of the molecule is CC(Nc1nc(N2CCCCC2)nc2ccccc12)c1ccc(C(F)(F)F)cc1. The van der Waals surface area contributed by atoms with Gasteiger partial charge >= 0.3 is 6.18 Å². The molecule has 0 spiro atoms. The van der Waals surface area contributed by atoms with Crippen molar-refractivity contribution in [2.75, 3.05) is 23.3 Å². The molecule has 1 N–H and O–H groups in total. The van der Waals surface area contributed by atoms with Gasteiger partial charge in [-0.15, -0.1) is 0 Å². The standard InChI is InChI=1S/C22H23F3N4/c1-15(16-9-11-17(12-10-16)22(23,24)25)26-20-18-7-3-4-8-19(18)27-21(28-20)29-13-5-2-6-14-29/h3-4,7-12,15H,2,5-6,13-14H2,1H3,(H,26,27,28). The molecular formula is C22H23F3N4. The van der Waals surface area contributed by atoms with Gasteiger partial charge in [0.05, 0.1) is 11.1 Å². The highest BCUT2D eigenvalue weighted by atomic mass is 19.4. The number of benzene rings is 2. The van der Waals surface area contributed by atoms with Crippen molar-refractivity contribution in [3.63, 3.8) is 0 Å². The summed E-state index contributed by atoms with van der Waals surface area (Å²) in [6.07, 6.45) is -0.858. The summed E-state index contributed by atoms with van der Waals surface area (Å²) >= 11 is 0. The summed E-state index contributed by atoms with van der Waals surface area (Å²) in [6, 6.07) is 12.8. The zero-order chi connectivity index (χ0) is 20.4. The molecule has 0 radical (unpaired) electrons. The number of para-hydroxylation sites is 1. The Bertz CT molecular complexity index is 980. The summed E-state index contributed by atoms with van der Waals surface area (Å²) in [5.74, 6) is 1.40. The number of halogens is 3. The summed E-state index contributed by atoms with van der Waals surface area (Å²) in [5.41, 5.74) is 0.971. The van der Waals surface area contributed by atoms with Crippen molar-refractivity contribution >= 4 is 22.7 Å². The second kappa shape index (κ2) is 7.89. The fourth-order valence-corrected chi connectivity index (χ4v) is 3.66. The van der Waals surface area contributed by atoms with Crippen LogP contribution < -0.4 is 10.2 Å². The number of alkyl halides is 3. The molecule has 152 valence electrons. The molecule has 1 unspecified atom stereocenters. The molecule has 1 saturated heterocycles. The topological polar surface area (TPSA) is 41.1 Å².